The molecule has 2 rings (SSSR count). The van der Waals surface area contributed by atoms with Crippen LogP contribution in [0.25, 0.3) is 0 Å². The number of benzene rings is 2. The summed E-state index contributed by atoms with van der Waals surface area (Å²) in [6.45, 7) is 3.67. The zero-order valence-corrected chi connectivity index (χ0v) is 15.1. The molecule has 0 unspecified atom stereocenters. The van der Waals surface area contributed by atoms with Gasteiger partial charge in [-0.2, -0.15) is 0 Å². The molecule has 0 aliphatic rings. The Bertz CT molecular complexity index is 798. The Morgan fingerprint density at radius 2 is 1.41 bits per heavy atom. The number of ether oxygens (including phenoxy) is 3. The van der Waals surface area contributed by atoms with E-state index in [0.717, 1.165) is 0 Å². The third kappa shape index (κ3) is 5.85. The first-order chi connectivity index (χ1) is 12.9. The Kier molecular flexibility index (Phi) is 6.93. The number of carbonyl (C=O) groups excluding carboxylic acids is 3. The van der Waals surface area contributed by atoms with Crippen molar-refractivity contribution in [1.82, 2.24) is 0 Å². The van der Waals surface area contributed by atoms with Crippen LogP contribution in [-0.4, -0.2) is 37.0 Å². The van der Waals surface area contributed by atoms with E-state index in [1.807, 2.05) is 6.92 Å². The van der Waals surface area contributed by atoms with Gasteiger partial charge in [0.25, 0.3) is 5.91 Å². The van der Waals surface area contributed by atoms with Gasteiger partial charge in [0.1, 0.15) is 11.5 Å². The number of amides is 1. The quantitative estimate of drug-likeness (QED) is 0.536. The van der Waals surface area contributed by atoms with Crippen molar-refractivity contribution in [3.8, 4) is 11.5 Å². The monoisotopic (exact) mass is 371 g/mol. The third-order valence-electron chi connectivity index (χ3n) is 3.57. The van der Waals surface area contributed by atoms with Crippen molar-refractivity contribution in [2.75, 3.05) is 13.2 Å². The Hall–Kier alpha value is -3.35. The number of hydrogen-bond donors (Lipinski definition) is 1. The number of nitrogens with two attached hydrogens (primary N) is 1. The van der Waals surface area contributed by atoms with Crippen molar-refractivity contribution in [2.45, 2.75) is 20.0 Å². The van der Waals surface area contributed by atoms with E-state index < -0.39 is 18.0 Å². The minimum atomic E-state index is -0.943. The highest BCUT2D eigenvalue weighted by Gasteiger charge is 2.20. The molecule has 0 aromatic heterocycles. The van der Waals surface area contributed by atoms with Gasteiger partial charge in [-0.05, 0) is 62.4 Å². The van der Waals surface area contributed by atoms with Crippen LogP contribution in [0.1, 0.15) is 34.6 Å². The van der Waals surface area contributed by atoms with Crippen molar-refractivity contribution < 1.29 is 28.6 Å². The summed E-state index contributed by atoms with van der Waals surface area (Å²) in [5.41, 5.74) is 5.68. The molecule has 0 saturated carbocycles. The highest BCUT2D eigenvalue weighted by Crippen LogP contribution is 2.16. The molecular weight excluding hydrogens is 350 g/mol. The van der Waals surface area contributed by atoms with E-state index in [4.69, 9.17) is 19.9 Å². The summed E-state index contributed by atoms with van der Waals surface area (Å²) in [5, 5.41) is 0. The van der Waals surface area contributed by atoms with E-state index >= 15 is 0 Å². The zero-order chi connectivity index (χ0) is 19.8. The largest absolute Gasteiger partial charge is 0.494 e. The Morgan fingerprint density at radius 1 is 0.889 bits per heavy atom. The van der Waals surface area contributed by atoms with Crippen molar-refractivity contribution in [3.05, 3.63) is 59.7 Å². The van der Waals surface area contributed by atoms with E-state index in [0.29, 0.717) is 23.7 Å². The second kappa shape index (κ2) is 9.38. The van der Waals surface area contributed by atoms with Gasteiger partial charge in [0.05, 0.1) is 12.2 Å². The first-order valence-corrected chi connectivity index (χ1v) is 8.40. The van der Waals surface area contributed by atoms with Gasteiger partial charge >= 0.3 is 5.97 Å². The predicted molar refractivity (Wildman–Crippen MR) is 98.0 cm³/mol. The van der Waals surface area contributed by atoms with Gasteiger partial charge in [-0.25, -0.2) is 4.79 Å². The summed E-state index contributed by atoms with van der Waals surface area (Å²) < 4.78 is 15.7. The molecule has 2 aromatic carbocycles. The van der Waals surface area contributed by atoms with Crippen LogP contribution in [0.15, 0.2) is 48.5 Å². The maximum atomic E-state index is 12.4. The van der Waals surface area contributed by atoms with Crippen molar-refractivity contribution in [2.24, 2.45) is 5.73 Å². The van der Waals surface area contributed by atoms with Gasteiger partial charge in [-0.15, -0.1) is 0 Å². The van der Waals surface area contributed by atoms with Gasteiger partial charge in [-0.1, -0.05) is 0 Å². The van der Waals surface area contributed by atoms with Crippen molar-refractivity contribution in [1.29, 1.82) is 0 Å². The van der Waals surface area contributed by atoms with Crippen LogP contribution < -0.4 is 15.2 Å². The van der Waals surface area contributed by atoms with Gasteiger partial charge in [0.15, 0.2) is 12.7 Å². The molecule has 1 amide bonds. The molecule has 0 aliphatic heterocycles. The smallest absolute Gasteiger partial charge is 0.338 e. The summed E-state index contributed by atoms with van der Waals surface area (Å²) in [4.78, 5) is 35.3. The Labute approximate surface area is 157 Å². The number of ketones is 1. The van der Waals surface area contributed by atoms with Gasteiger partial charge < -0.3 is 19.9 Å². The highest BCUT2D eigenvalue weighted by atomic mass is 16.5. The normalized spacial score (nSPS) is 11.3. The number of carbonyl (C=O) groups is 3. The average molecular weight is 371 g/mol. The molecular formula is C20H21NO6. The van der Waals surface area contributed by atoms with E-state index in [2.05, 4.69) is 0 Å². The van der Waals surface area contributed by atoms with Crippen LogP contribution in [0.5, 0.6) is 11.5 Å². The minimum absolute atomic E-state index is 0.253. The van der Waals surface area contributed by atoms with Crippen molar-refractivity contribution in [3.63, 3.8) is 0 Å². The fourth-order valence-electron chi connectivity index (χ4n) is 2.24. The van der Waals surface area contributed by atoms with Crippen LogP contribution in [-0.2, 0) is 9.53 Å². The lowest BCUT2D eigenvalue weighted by Gasteiger charge is -2.13. The first kappa shape index (κ1) is 20.0. The van der Waals surface area contributed by atoms with Gasteiger partial charge in [-0.3, -0.25) is 9.59 Å². The molecule has 0 heterocycles. The number of rotatable bonds is 9. The molecule has 7 nitrogen and oxygen atoms in total. The van der Waals surface area contributed by atoms with Crippen molar-refractivity contribution >= 4 is 17.7 Å². The summed E-state index contributed by atoms with van der Waals surface area (Å²) >= 11 is 0. The lowest BCUT2D eigenvalue weighted by atomic mass is 10.1. The van der Waals surface area contributed by atoms with E-state index in [9.17, 15) is 14.4 Å². The fourth-order valence-corrected chi connectivity index (χ4v) is 2.24. The number of hydrogen-bond acceptors (Lipinski definition) is 6. The first-order valence-electron chi connectivity index (χ1n) is 8.40. The van der Waals surface area contributed by atoms with E-state index in [1.54, 1.807) is 24.3 Å². The second-order valence-electron chi connectivity index (χ2n) is 5.65. The minimum Gasteiger partial charge on any atom is -0.494 e. The van der Waals surface area contributed by atoms with Crippen LogP contribution in [0.2, 0.25) is 0 Å². The molecule has 0 saturated heterocycles. The van der Waals surface area contributed by atoms with Crippen LogP contribution in [0, 0.1) is 0 Å². The molecule has 2 aromatic rings. The maximum absolute atomic E-state index is 12.4. The highest BCUT2D eigenvalue weighted by molar-refractivity contribution is 6.01. The molecule has 27 heavy (non-hydrogen) atoms. The number of Topliss-reactive ketones (excluding diaryl/α,β-unsaturated/α-hetero) is 1. The summed E-state index contributed by atoms with van der Waals surface area (Å²) in [5.74, 6) is -0.489. The Morgan fingerprint density at radius 3 is 1.93 bits per heavy atom. The van der Waals surface area contributed by atoms with E-state index in [-0.39, 0.29) is 18.0 Å². The number of esters is 1. The SMILES string of the molecule is CCOc1ccc(C(=O)[C@@H](C)OC(=O)c2ccc(OCC(N)=O)cc2)cc1. The topological polar surface area (TPSA) is 105 Å². The van der Waals surface area contributed by atoms with Crippen LogP contribution in [0.3, 0.4) is 0 Å². The standard InChI is InChI=1S/C20H21NO6/c1-3-25-16-8-4-14(5-9-16)19(23)13(2)27-20(24)15-6-10-17(11-7-15)26-12-18(21)22/h4-11,13H,3,12H2,1-2H3,(H2,21,22)/t13-/m1/s1. The lowest BCUT2D eigenvalue weighted by Crippen LogP contribution is -2.24. The predicted octanol–water partition coefficient (Wildman–Crippen LogP) is 2.38. The summed E-state index contributed by atoms with van der Waals surface area (Å²) in [6.07, 6.45) is -0.943. The summed E-state index contributed by atoms with van der Waals surface area (Å²) in [6, 6.07) is 12.6. The fraction of sp³-hybridized carbons (Fsp3) is 0.250. The second-order valence-corrected chi connectivity index (χ2v) is 5.65. The third-order valence-corrected chi connectivity index (χ3v) is 3.57. The number of primary amides is 1. The lowest BCUT2D eigenvalue weighted by molar-refractivity contribution is -0.119. The molecule has 7 heteroatoms. The Balaban J connectivity index is 1.95. The van der Waals surface area contributed by atoms with Crippen LogP contribution in [0.4, 0.5) is 0 Å². The molecule has 0 radical (unpaired) electrons. The van der Waals surface area contributed by atoms with Gasteiger partial charge in [0, 0.05) is 5.56 Å². The maximum Gasteiger partial charge on any atom is 0.338 e. The van der Waals surface area contributed by atoms with Crippen LogP contribution >= 0.6 is 0 Å². The summed E-state index contributed by atoms with van der Waals surface area (Å²) in [7, 11) is 0. The average Bonchev–Trinajstić information content (AvgIpc) is 2.67. The molecule has 1 atom stereocenters. The molecule has 0 spiro atoms. The molecule has 0 aliphatic carbocycles. The molecule has 0 fully saturated rings. The molecule has 2 N–H and O–H groups in total. The molecule has 142 valence electrons. The molecule has 0 bridgehead atoms. The van der Waals surface area contributed by atoms with Gasteiger partial charge in [0.2, 0.25) is 5.78 Å². The van der Waals surface area contributed by atoms with E-state index in [1.165, 1.54) is 31.2 Å². The zero-order valence-electron chi connectivity index (χ0n) is 15.1.